The molecule has 0 atom stereocenters. The Morgan fingerprint density at radius 1 is 1.88 bits per heavy atom. The van der Waals surface area contributed by atoms with Crippen molar-refractivity contribution in [1.29, 1.82) is 0 Å². The summed E-state index contributed by atoms with van der Waals surface area (Å²) in [6.07, 6.45) is 2.45. The number of hydrogen-bond donors (Lipinski definition) is 1. The first kappa shape index (κ1) is 5.24. The van der Waals surface area contributed by atoms with E-state index in [-0.39, 0.29) is 0 Å². The number of methoxy groups -OCH3 is 1. The van der Waals surface area contributed by atoms with Gasteiger partial charge >= 0.3 is 0 Å². The molecule has 0 aliphatic rings. The van der Waals surface area contributed by atoms with Crippen LogP contribution in [0.2, 0.25) is 0 Å². The molecule has 1 aromatic heterocycles. The van der Waals surface area contributed by atoms with Gasteiger partial charge in [-0.2, -0.15) is 5.10 Å². The summed E-state index contributed by atoms with van der Waals surface area (Å²) < 4.78 is 4.72. The van der Waals surface area contributed by atoms with E-state index in [9.17, 15) is 0 Å². The second kappa shape index (κ2) is 2.42. The number of H-pyrrole nitrogens is 1. The first-order valence-corrected chi connectivity index (χ1v) is 2.19. The van der Waals surface area contributed by atoms with Crippen molar-refractivity contribution in [1.82, 2.24) is 15.2 Å². The number of ether oxygens (including phenoxy) is 1. The van der Waals surface area contributed by atoms with Crippen LogP contribution in [0.1, 0.15) is 5.82 Å². The Morgan fingerprint density at radius 3 is 3.25 bits per heavy atom. The van der Waals surface area contributed by atoms with Crippen LogP contribution in [0.15, 0.2) is 0 Å². The Hall–Kier alpha value is -0.900. The standard InChI is InChI=1S/C4H6N3O/c1-8-2-4-5-3-6-7-4/h2H2,1H3,(H,5,6,7). The molecular formula is C4H6N3O. The van der Waals surface area contributed by atoms with Gasteiger partial charge in [-0.05, 0) is 0 Å². The van der Waals surface area contributed by atoms with Gasteiger partial charge in [0.05, 0.1) is 0 Å². The SMILES string of the molecule is COCc1n[c][nH]n1. The zero-order chi connectivity index (χ0) is 5.82. The lowest BCUT2D eigenvalue weighted by atomic mass is 10.7. The Bertz CT molecular complexity index is 137. The molecule has 1 aromatic rings. The summed E-state index contributed by atoms with van der Waals surface area (Å²) in [7, 11) is 1.59. The minimum absolute atomic E-state index is 0.444. The Labute approximate surface area is 46.9 Å². The smallest absolute Gasteiger partial charge is 0.193 e. The van der Waals surface area contributed by atoms with E-state index in [1.807, 2.05) is 0 Å². The summed E-state index contributed by atoms with van der Waals surface area (Å²) in [5.74, 6) is 0.632. The highest BCUT2D eigenvalue weighted by atomic mass is 16.5. The van der Waals surface area contributed by atoms with Crippen molar-refractivity contribution in [2.45, 2.75) is 6.61 Å². The van der Waals surface area contributed by atoms with E-state index in [1.165, 1.54) is 0 Å². The van der Waals surface area contributed by atoms with Crippen molar-refractivity contribution < 1.29 is 4.74 Å². The lowest BCUT2D eigenvalue weighted by molar-refractivity contribution is 0.178. The third-order valence-corrected chi connectivity index (χ3v) is 0.693. The third-order valence-electron chi connectivity index (χ3n) is 0.693. The predicted octanol–water partition coefficient (Wildman–Crippen LogP) is -0.249. The van der Waals surface area contributed by atoms with Gasteiger partial charge in [0.1, 0.15) is 6.61 Å². The topological polar surface area (TPSA) is 50.8 Å². The molecule has 4 heteroatoms. The molecule has 1 radical (unpaired) electrons. The molecule has 8 heavy (non-hydrogen) atoms. The van der Waals surface area contributed by atoms with Crippen molar-refractivity contribution in [2.75, 3.05) is 7.11 Å². The molecule has 0 unspecified atom stereocenters. The van der Waals surface area contributed by atoms with Crippen molar-refractivity contribution >= 4 is 0 Å². The zero-order valence-corrected chi connectivity index (χ0v) is 4.51. The second-order valence-electron chi connectivity index (χ2n) is 1.30. The molecule has 0 aromatic carbocycles. The van der Waals surface area contributed by atoms with Gasteiger partial charge in [0.25, 0.3) is 0 Å². The van der Waals surface area contributed by atoms with Crippen LogP contribution in [0.5, 0.6) is 0 Å². The van der Waals surface area contributed by atoms with E-state index in [1.54, 1.807) is 7.11 Å². The maximum absolute atomic E-state index is 4.72. The number of nitrogens with one attached hydrogen (secondary N) is 1. The summed E-state index contributed by atoms with van der Waals surface area (Å²) in [6.45, 7) is 0.444. The molecule has 0 amide bonds. The molecule has 0 aliphatic heterocycles. The minimum atomic E-state index is 0.444. The van der Waals surface area contributed by atoms with E-state index in [0.29, 0.717) is 12.4 Å². The van der Waals surface area contributed by atoms with Crippen LogP contribution in [0.25, 0.3) is 0 Å². The fourth-order valence-electron chi connectivity index (χ4n) is 0.398. The molecular weight excluding hydrogens is 106 g/mol. The van der Waals surface area contributed by atoms with Crippen LogP contribution in [-0.4, -0.2) is 22.3 Å². The molecule has 0 aliphatic carbocycles. The first-order valence-electron chi connectivity index (χ1n) is 2.19. The predicted molar refractivity (Wildman–Crippen MR) is 25.9 cm³/mol. The number of aromatic amines is 1. The van der Waals surface area contributed by atoms with Gasteiger partial charge in [-0.1, -0.05) is 0 Å². The lowest BCUT2D eigenvalue weighted by Gasteiger charge is -1.86. The van der Waals surface area contributed by atoms with Crippen molar-refractivity contribution in [3.8, 4) is 0 Å². The molecule has 1 rings (SSSR count). The summed E-state index contributed by atoms with van der Waals surface area (Å²) in [5, 5.41) is 6.14. The van der Waals surface area contributed by atoms with E-state index in [0.717, 1.165) is 0 Å². The lowest BCUT2D eigenvalue weighted by Crippen LogP contribution is -1.88. The molecule has 0 fully saturated rings. The molecule has 43 valence electrons. The normalized spacial score (nSPS) is 9.62. The summed E-state index contributed by atoms with van der Waals surface area (Å²) in [5.41, 5.74) is 0. The van der Waals surface area contributed by atoms with Crippen LogP contribution in [0.3, 0.4) is 0 Å². The van der Waals surface area contributed by atoms with Crippen molar-refractivity contribution in [2.24, 2.45) is 0 Å². The van der Waals surface area contributed by atoms with Crippen molar-refractivity contribution in [3.05, 3.63) is 12.2 Å². The van der Waals surface area contributed by atoms with E-state index in [4.69, 9.17) is 4.74 Å². The number of nitrogens with zero attached hydrogens (tertiary/aromatic N) is 2. The fourth-order valence-corrected chi connectivity index (χ4v) is 0.398. The second-order valence-corrected chi connectivity index (χ2v) is 1.30. The minimum Gasteiger partial charge on any atom is -0.377 e. The van der Waals surface area contributed by atoms with Gasteiger partial charge in [0.15, 0.2) is 12.2 Å². The number of hydrogen-bond acceptors (Lipinski definition) is 3. The highest BCUT2D eigenvalue weighted by Crippen LogP contribution is 1.84. The van der Waals surface area contributed by atoms with Crippen LogP contribution >= 0.6 is 0 Å². The summed E-state index contributed by atoms with van der Waals surface area (Å²) in [6, 6.07) is 0. The van der Waals surface area contributed by atoms with E-state index in [2.05, 4.69) is 21.5 Å². The quantitative estimate of drug-likeness (QED) is 0.574. The monoisotopic (exact) mass is 112 g/mol. The van der Waals surface area contributed by atoms with Crippen LogP contribution in [0.4, 0.5) is 0 Å². The van der Waals surface area contributed by atoms with E-state index >= 15 is 0 Å². The van der Waals surface area contributed by atoms with Crippen LogP contribution in [0, 0.1) is 6.33 Å². The number of rotatable bonds is 2. The Kier molecular flexibility index (Phi) is 1.58. The maximum Gasteiger partial charge on any atom is 0.193 e. The largest absolute Gasteiger partial charge is 0.377 e. The van der Waals surface area contributed by atoms with E-state index < -0.39 is 0 Å². The third kappa shape index (κ3) is 1.04. The fraction of sp³-hybridized carbons (Fsp3) is 0.500. The maximum atomic E-state index is 4.72. The van der Waals surface area contributed by atoms with Gasteiger partial charge in [-0.25, -0.2) is 4.98 Å². The molecule has 4 nitrogen and oxygen atoms in total. The number of aromatic nitrogens is 3. The Morgan fingerprint density at radius 2 is 2.75 bits per heavy atom. The average molecular weight is 112 g/mol. The van der Waals surface area contributed by atoms with Crippen LogP contribution < -0.4 is 0 Å². The molecule has 0 saturated carbocycles. The summed E-state index contributed by atoms with van der Waals surface area (Å²) >= 11 is 0. The van der Waals surface area contributed by atoms with Gasteiger partial charge in [-0.15, -0.1) is 0 Å². The highest BCUT2D eigenvalue weighted by molar-refractivity contribution is 4.73. The zero-order valence-electron chi connectivity index (χ0n) is 4.51. The highest BCUT2D eigenvalue weighted by Gasteiger charge is 1.90. The van der Waals surface area contributed by atoms with Gasteiger partial charge in [0, 0.05) is 7.11 Å². The van der Waals surface area contributed by atoms with Gasteiger partial charge in [0.2, 0.25) is 0 Å². The van der Waals surface area contributed by atoms with Crippen LogP contribution in [-0.2, 0) is 11.3 Å². The molecule has 0 saturated heterocycles. The molecule has 0 bridgehead atoms. The Balaban J connectivity index is 2.50. The molecule has 1 N–H and O–H groups in total. The van der Waals surface area contributed by atoms with Gasteiger partial charge < -0.3 is 4.74 Å². The summed E-state index contributed by atoms with van der Waals surface area (Å²) in [4.78, 5) is 3.69. The molecule has 0 spiro atoms. The average Bonchev–Trinajstić information content (AvgIpc) is 2.19. The van der Waals surface area contributed by atoms with Crippen molar-refractivity contribution in [3.63, 3.8) is 0 Å². The van der Waals surface area contributed by atoms with Gasteiger partial charge in [-0.3, -0.25) is 5.10 Å². The molecule has 1 heterocycles. The first-order chi connectivity index (χ1) is 3.93.